The van der Waals surface area contributed by atoms with Gasteiger partial charge >= 0.3 is 5.97 Å². The minimum absolute atomic E-state index is 0.0315. The van der Waals surface area contributed by atoms with Crippen LogP contribution in [-0.4, -0.2) is 65.7 Å². The van der Waals surface area contributed by atoms with E-state index in [9.17, 15) is 14.7 Å². The van der Waals surface area contributed by atoms with Gasteiger partial charge < -0.3 is 14.7 Å². The highest BCUT2D eigenvalue weighted by Gasteiger charge is 2.55. The van der Waals surface area contributed by atoms with Gasteiger partial charge in [0, 0.05) is 19.1 Å². The molecule has 0 spiro atoms. The molecule has 0 radical (unpaired) electrons. The second kappa shape index (κ2) is 6.53. The van der Waals surface area contributed by atoms with Crippen molar-refractivity contribution in [3.05, 3.63) is 35.9 Å². The fourth-order valence-corrected chi connectivity index (χ4v) is 3.85. The van der Waals surface area contributed by atoms with Crippen molar-refractivity contribution in [3.63, 3.8) is 0 Å². The van der Waals surface area contributed by atoms with Crippen molar-refractivity contribution in [2.24, 2.45) is 5.92 Å². The molecular formula is C18H24N2O4. The van der Waals surface area contributed by atoms with Crippen molar-refractivity contribution >= 4 is 11.9 Å². The Bertz CT molecular complexity index is 615. The van der Waals surface area contributed by atoms with Crippen LogP contribution in [0.1, 0.15) is 24.9 Å². The van der Waals surface area contributed by atoms with E-state index in [4.69, 9.17) is 4.74 Å². The van der Waals surface area contributed by atoms with E-state index in [2.05, 4.69) is 0 Å². The number of likely N-dealkylation sites (N-methyl/N-ethyl adjacent to an activating group) is 1. The third-order valence-electron chi connectivity index (χ3n) is 5.44. The second-order valence-corrected chi connectivity index (χ2v) is 6.79. The molecule has 3 rings (SSSR count). The van der Waals surface area contributed by atoms with E-state index in [1.807, 2.05) is 40.1 Å². The minimum atomic E-state index is -1.05. The molecule has 1 aromatic rings. The number of morpholine rings is 1. The van der Waals surface area contributed by atoms with Crippen molar-refractivity contribution in [2.75, 3.05) is 33.4 Å². The lowest BCUT2D eigenvalue weighted by atomic mass is 9.89. The average Bonchev–Trinajstić information content (AvgIpc) is 2.88. The number of hydrogen-bond donors (Lipinski definition) is 1. The van der Waals surface area contributed by atoms with E-state index in [1.54, 1.807) is 14.0 Å². The average molecular weight is 332 g/mol. The van der Waals surface area contributed by atoms with Crippen LogP contribution in [0.4, 0.5) is 0 Å². The summed E-state index contributed by atoms with van der Waals surface area (Å²) in [5.41, 5.74) is -0.0655. The van der Waals surface area contributed by atoms with E-state index in [1.165, 1.54) is 0 Å². The van der Waals surface area contributed by atoms with Crippen LogP contribution < -0.4 is 0 Å². The summed E-state index contributed by atoms with van der Waals surface area (Å²) in [5, 5.41) is 9.73. The first-order valence-corrected chi connectivity index (χ1v) is 8.33. The fourth-order valence-electron chi connectivity index (χ4n) is 3.85. The van der Waals surface area contributed by atoms with Crippen LogP contribution in [0, 0.1) is 5.92 Å². The molecule has 2 saturated heterocycles. The number of carbonyl (C=O) groups is 2. The normalized spacial score (nSPS) is 31.2. The first-order chi connectivity index (χ1) is 11.4. The molecule has 2 aliphatic rings. The Morgan fingerprint density at radius 3 is 2.42 bits per heavy atom. The van der Waals surface area contributed by atoms with Crippen LogP contribution in [0.25, 0.3) is 0 Å². The lowest BCUT2D eigenvalue weighted by molar-refractivity contribution is -0.148. The Hall–Kier alpha value is -1.92. The molecule has 24 heavy (non-hydrogen) atoms. The molecule has 0 bridgehead atoms. The van der Waals surface area contributed by atoms with Crippen molar-refractivity contribution in [1.82, 2.24) is 9.80 Å². The number of hydrogen-bond acceptors (Lipinski definition) is 4. The molecule has 2 aliphatic heterocycles. The van der Waals surface area contributed by atoms with Gasteiger partial charge in [-0.15, -0.1) is 0 Å². The Morgan fingerprint density at radius 1 is 1.21 bits per heavy atom. The van der Waals surface area contributed by atoms with Gasteiger partial charge in [0.2, 0.25) is 5.91 Å². The number of carbonyl (C=O) groups excluding carboxylic acids is 1. The Balaban J connectivity index is 1.95. The van der Waals surface area contributed by atoms with E-state index in [0.717, 1.165) is 5.56 Å². The molecule has 1 N–H and O–H groups in total. The third kappa shape index (κ3) is 2.80. The summed E-state index contributed by atoms with van der Waals surface area (Å²) in [5.74, 6) is -1.22. The first-order valence-electron chi connectivity index (χ1n) is 8.33. The molecule has 6 heteroatoms. The van der Waals surface area contributed by atoms with E-state index in [0.29, 0.717) is 32.7 Å². The summed E-state index contributed by atoms with van der Waals surface area (Å²) < 4.78 is 5.33. The van der Waals surface area contributed by atoms with E-state index in [-0.39, 0.29) is 17.9 Å². The molecule has 0 aromatic heterocycles. The maximum absolute atomic E-state index is 13.1. The summed E-state index contributed by atoms with van der Waals surface area (Å²) in [4.78, 5) is 28.6. The van der Waals surface area contributed by atoms with Gasteiger partial charge in [0.05, 0.1) is 19.1 Å². The van der Waals surface area contributed by atoms with Gasteiger partial charge in [-0.3, -0.25) is 14.5 Å². The molecule has 0 unspecified atom stereocenters. The number of ether oxygens (including phenoxy) is 1. The predicted molar refractivity (Wildman–Crippen MR) is 88.5 cm³/mol. The number of aliphatic carboxylic acids is 1. The molecular weight excluding hydrogens is 308 g/mol. The molecule has 1 aromatic carbocycles. The zero-order valence-electron chi connectivity index (χ0n) is 14.1. The standard InChI is InChI=1S/C18H24N2O4/c1-18(17(22)23)12-14(16(21)20-8-10-24-11-9-20)15(19(18)2)13-6-4-3-5-7-13/h3-7,14-15H,8-12H2,1-2H3,(H,22,23)/t14-,15-,18-/m1/s1. The lowest BCUT2D eigenvalue weighted by Crippen LogP contribution is -2.46. The summed E-state index contributed by atoms with van der Waals surface area (Å²) >= 11 is 0. The molecule has 130 valence electrons. The smallest absolute Gasteiger partial charge is 0.323 e. The Labute approximate surface area is 142 Å². The fraction of sp³-hybridized carbons (Fsp3) is 0.556. The largest absolute Gasteiger partial charge is 0.480 e. The molecule has 2 heterocycles. The van der Waals surface area contributed by atoms with E-state index >= 15 is 0 Å². The maximum Gasteiger partial charge on any atom is 0.323 e. The highest BCUT2D eigenvalue weighted by molar-refractivity contribution is 5.85. The number of nitrogens with zero attached hydrogens (tertiary/aromatic N) is 2. The molecule has 6 nitrogen and oxygen atoms in total. The van der Waals surface area contributed by atoms with Crippen LogP contribution in [0.5, 0.6) is 0 Å². The van der Waals surface area contributed by atoms with Gasteiger partial charge in [0.1, 0.15) is 5.54 Å². The minimum Gasteiger partial charge on any atom is -0.480 e. The van der Waals surface area contributed by atoms with Crippen LogP contribution in [0.2, 0.25) is 0 Å². The molecule has 3 atom stereocenters. The number of carboxylic acids is 1. The monoisotopic (exact) mass is 332 g/mol. The van der Waals surface area contributed by atoms with Crippen molar-refractivity contribution < 1.29 is 19.4 Å². The van der Waals surface area contributed by atoms with Gasteiger partial charge in [-0.25, -0.2) is 0 Å². The maximum atomic E-state index is 13.1. The molecule has 0 saturated carbocycles. The lowest BCUT2D eigenvalue weighted by Gasteiger charge is -2.33. The quantitative estimate of drug-likeness (QED) is 0.906. The van der Waals surface area contributed by atoms with Gasteiger partial charge in [-0.05, 0) is 26.0 Å². The molecule has 2 fully saturated rings. The number of carboxylic acid groups (broad SMARTS) is 1. The second-order valence-electron chi connectivity index (χ2n) is 6.79. The summed E-state index contributed by atoms with van der Waals surface area (Å²) in [7, 11) is 1.80. The molecule has 0 aliphatic carbocycles. The van der Waals surface area contributed by atoms with Gasteiger partial charge in [-0.1, -0.05) is 30.3 Å². The zero-order valence-corrected chi connectivity index (χ0v) is 14.1. The highest BCUT2D eigenvalue weighted by atomic mass is 16.5. The van der Waals surface area contributed by atoms with Crippen molar-refractivity contribution in [3.8, 4) is 0 Å². The summed E-state index contributed by atoms with van der Waals surface area (Å²) in [6, 6.07) is 9.48. The van der Waals surface area contributed by atoms with Crippen LogP contribution in [0.3, 0.4) is 0 Å². The number of amides is 1. The summed E-state index contributed by atoms with van der Waals surface area (Å²) in [6.45, 7) is 3.94. The SMILES string of the molecule is CN1[C@H](c2ccccc2)[C@H](C(=O)N2CCOCC2)C[C@]1(C)C(=O)O. The van der Waals surface area contributed by atoms with Gasteiger partial charge in [0.15, 0.2) is 0 Å². The van der Waals surface area contributed by atoms with Crippen molar-refractivity contribution in [2.45, 2.75) is 24.9 Å². The van der Waals surface area contributed by atoms with Gasteiger partial charge in [-0.2, -0.15) is 0 Å². The highest BCUT2D eigenvalue weighted by Crippen LogP contribution is 2.46. The number of benzene rings is 1. The number of rotatable bonds is 3. The number of likely N-dealkylation sites (tertiary alicyclic amines) is 1. The Kier molecular flexibility index (Phi) is 4.60. The van der Waals surface area contributed by atoms with Crippen molar-refractivity contribution in [1.29, 1.82) is 0 Å². The summed E-state index contributed by atoms with van der Waals surface area (Å²) in [6.07, 6.45) is 0.314. The van der Waals surface area contributed by atoms with Crippen LogP contribution in [0.15, 0.2) is 30.3 Å². The predicted octanol–water partition coefficient (Wildman–Crippen LogP) is 1.38. The van der Waals surface area contributed by atoms with Crippen LogP contribution >= 0.6 is 0 Å². The first kappa shape index (κ1) is 16.9. The topological polar surface area (TPSA) is 70.1 Å². The molecule has 1 amide bonds. The zero-order chi connectivity index (χ0) is 17.3. The van der Waals surface area contributed by atoms with E-state index < -0.39 is 11.5 Å². The van der Waals surface area contributed by atoms with Crippen LogP contribution in [-0.2, 0) is 14.3 Å². The Morgan fingerprint density at radius 2 is 1.83 bits per heavy atom. The third-order valence-corrected chi connectivity index (χ3v) is 5.44. The van der Waals surface area contributed by atoms with Gasteiger partial charge in [0.25, 0.3) is 0 Å².